The van der Waals surface area contributed by atoms with Crippen molar-refractivity contribution in [3.8, 4) is 0 Å². The molecule has 3 aliphatic rings. The first-order valence-electron chi connectivity index (χ1n) is 11.2. The molecular formula is C21H29F3N6O3. The Labute approximate surface area is 189 Å². The summed E-state index contributed by atoms with van der Waals surface area (Å²) in [6, 6.07) is 0.0890. The molecule has 2 heterocycles. The zero-order valence-electron chi connectivity index (χ0n) is 18.4. The summed E-state index contributed by atoms with van der Waals surface area (Å²) in [4.78, 5) is 32.7. The summed E-state index contributed by atoms with van der Waals surface area (Å²) in [5.41, 5.74) is 6.47. The summed E-state index contributed by atoms with van der Waals surface area (Å²) in [7, 11) is 0. The Morgan fingerprint density at radius 3 is 2.64 bits per heavy atom. The van der Waals surface area contributed by atoms with Gasteiger partial charge in [0.2, 0.25) is 5.91 Å². The van der Waals surface area contributed by atoms with E-state index in [0.29, 0.717) is 37.8 Å². The van der Waals surface area contributed by atoms with E-state index < -0.39 is 24.2 Å². The molecule has 182 valence electrons. The summed E-state index contributed by atoms with van der Waals surface area (Å²) in [6.45, 7) is 1.83. The van der Waals surface area contributed by atoms with Gasteiger partial charge >= 0.3 is 12.3 Å². The standard InChI is InChI=1S/C21H29F3N6O3/c1-12-9-26-14(10-25-12)7-18(31)27-17-8-16(29-30-17)13-2-3-15(6-13)33-19(32)28-20(4-5-20)11-21(22,23)24/h9-10,13,15-17,29-30H,2-8,11H2,1H3,(H,27,31)(H,28,32)/t13-,15+,16?,17?/m0/s1. The Kier molecular flexibility index (Phi) is 6.76. The Morgan fingerprint density at radius 1 is 1.18 bits per heavy atom. The molecule has 12 heteroatoms. The molecule has 1 saturated heterocycles. The first kappa shape index (κ1) is 23.7. The van der Waals surface area contributed by atoms with Gasteiger partial charge in [0.1, 0.15) is 6.10 Å². The van der Waals surface area contributed by atoms with Crippen molar-refractivity contribution in [1.29, 1.82) is 0 Å². The minimum Gasteiger partial charge on any atom is -0.446 e. The number of hydrogen-bond donors (Lipinski definition) is 4. The van der Waals surface area contributed by atoms with Crippen LogP contribution in [0.3, 0.4) is 0 Å². The van der Waals surface area contributed by atoms with Gasteiger partial charge in [-0.3, -0.25) is 20.2 Å². The molecule has 1 aromatic rings. The van der Waals surface area contributed by atoms with Gasteiger partial charge in [-0.25, -0.2) is 10.2 Å². The van der Waals surface area contributed by atoms with Gasteiger partial charge in [-0.2, -0.15) is 13.2 Å². The van der Waals surface area contributed by atoms with Crippen LogP contribution in [0.1, 0.15) is 56.3 Å². The van der Waals surface area contributed by atoms with E-state index in [1.54, 1.807) is 12.4 Å². The number of nitrogens with zero attached hydrogens (tertiary/aromatic N) is 2. The van der Waals surface area contributed by atoms with Crippen LogP contribution in [0.2, 0.25) is 0 Å². The predicted molar refractivity (Wildman–Crippen MR) is 110 cm³/mol. The maximum atomic E-state index is 12.7. The third-order valence-corrected chi connectivity index (χ3v) is 6.47. The number of carbonyl (C=O) groups is 2. The monoisotopic (exact) mass is 470 g/mol. The second kappa shape index (κ2) is 9.41. The average molecular weight is 470 g/mol. The van der Waals surface area contributed by atoms with Gasteiger partial charge in [0.25, 0.3) is 0 Å². The number of amides is 2. The lowest BCUT2D eigenvalue weighted by Gasteiger charge is -2.21. The topological polar surface area (TPSA) is 117 Å². The van der Waals surface area contributed by atoms with Gasteiger partial charge in [0.05, 0.1) is 35.9 Å². The van der Waals surface area contributed by atoms with Crippen LogP contribution in [0.15, 0.2) is 12.4 Å². The molecule has 1 aliphatic heterocycles. The van der Waals surface area contributed by atoms with Crippen molar-refractivity contribution >= 4 is 12.0 Å². The molecule has 2 unspecified atom stereocenters. The molecule has 3 fully saturated rings. The average Bonchev–Trinajstić information content (AvgIpc) is 3.11. The first-order chi connectivity index (χ1) is 15.6. The number of aromatic nitrogens is 2. The number of alkyl carbamates (subject to hydrolysis) is 1. The van der Waals surface area contributed by atoms with E-state index in [-0.39, 0.29) is 36.6 Å². The van der Waals surface area contributed by atoms with E-state index in [1.807, 2.05) is 6.92 Å². The van der Waals surface area contributed by atoms with Crippen molar-refractivity contribution in [1.82, 2.24) is 31.5 Å². The number of rotatable bonds is 7. The normalized spacial score (nSPS) is 28.4. The Balaban J connectivity index is 1.17. The van der Waals surface area contributed by atoms with Crippen LogP contribution in [0.4, 0.5) is 18.0 Å². The number of carbonyl (C=O) groups excluding carboxylic acids is 2. The molecule has 4 N–H and O–H groups in total. The summed E-state index contributed by atoms with van der Waals surface area (Å²) < 4.78 is 43.4. The summed E-state index contributed by atoms with van der Waals surface area (Å²) in [5.74, 6) is 0.0653. The van der Waals surface area contributed by atoms with Gasteiger partial charge in [-0.15, -0.1) is 0 Å². The van der Waals surface area contributed by atoms with Crippen molar-refractivity contribution in [3.63, 3.8) is 0 Å². The van der Waals surface area contributed by atoms with E-state index in [4.69, 9.17) is 4.74 Å². The van der Waals surface area contributed by atoms with Crippen LogP contribution in [0.5, 0.6) is 0 Å². The molecule has 9 nitrogen and oxygen atoms in total. The zero-order chi connectivity index (χ0) is 23.6. The summed E-state index contributed by atoms with van der Waals surface area (Å²) >= 11 is 0. The number of aryl methyl sites for hydroxylation is 1. The smallest absolute Gasteiger partial charge is 0.407 e. The molecule has 2 amide bonds. The molecule has 1 aromatic heterocycles. The third kappa shape index (κ3) is 6.76. The highest BCUT2D eigenvalue weighted by Gasteiger charge is 2.52. The van der Waals surface area contributed by atoms with Crippen LogP contribution in [-0.4, -0.2) is 52.0 Å². The minimum atomic E-state index is -4.32. The minimum absolute atomic E-state index is 0.0890. The number of alkyl halides is 3. The van der Waals surface area contributed by atoms with Gasteiger partial charge in [0, 0.05) is 18.4 Å². The maximum Gasteiger partial charge on any atom is 0.407 e. The van der Waals surface area contributed by atoms with Crippen molar-refractivity contribution in [2.45, 2.75) is 88.3 Å². The molecule has 2 saturated carbocycles. The fraction of sp³-hybridized carbons (Fsp3) is 0.714. The van der Waals surface area contributed by atoms with Gasteiger partial charge in [0.15, 0.2) is 0 Å². The lowest BCUT2D eigenvalue weighted by molar-refractivity contribution is -0.141. The SMILES string of the molecule is Cc1cnc(CC(=O)NC2CC([C@H]3CC[C@@H](OC(=O)NC4(CC(F)(F)F)CC4)C3)NN2)cn1. The van der Waals surface area contributed by atoms with Crippen LogP contribution in [0.25, 0.3) is 0 Å². The number of ether oxygens (including phenoxy) is 1. The van der Waals surface area contributed by atoms with Gasteiger partial charge < -0.3 is 15.4 Å². The van der Waals surface area contributed by atoms with E-state index in [0.717, 1.165) is 12.1 Å². The molecule has 4 rings (SSSR count). The number of nitrogens with one attached hydrogen (secondary N) is 4. The maximum absolute atomic E-state index is 12.7. The molecule has 0 aromatic carbocycles. The fourth-order valence-corrected chi connectivity index (χ4v) is 4.63. The lowest BCUT2D eigenvalue weighted by atomic mass is 9.96. The van der Waals surface area contributed by atoms with Crippen LogP contribution >= 0.6 is 0 Å². The molecule has 4 atom stereocenters. The molecular weight excluding hydrogens is 441 g/mol. The van der Waals surface area contributed by atoms with Gasteiger partial charge in [-0.1, -0.05) is 0 Å². The van der Waals surface area contributed by atoms with E-state index in [9.17, 15) is 22.8 Å². The molecule has 2 aliphatic carbocycles. The van der Waals surface area contributed by atoms with Crippen LogP contribution < -0.4 is 21.5 Å². The first-order valence-corrected chi connectivity index (χ1v) is 11.2. The second-order valence-corrected chi connectivity index (χ2v) is 9.37. The Bertz CT molecular complexity index is 862. The fourth-order valence-electron chi connectivity index (χ4n) is 4.63. The highest BCUT2D eigenvalue weighted by molar-refractivity contribution is 5.78. The predicted octanol–water partition coefficient (Wildman–Crippen LogP) is 2.02. The van der Waals surface area contributed by atoms with Crippen molar-refractivity contribution in [3.05, 3.63) is 23.8 Å². The number of hydrazine groups is 1. The van der Waals surface area contributed by atoms with E-state index in [2.05, 4.69) is 31.5 Å². The van der Waals surface area contributed by atoms with Crippen LogP contribution in [0, 0.1) is 12.8 Å². The highest BCUT2D eigenvalue weighted by Crippen LogP contribution is 2.44. The summed E-state index contributed by atoms with van der Waals surface area (Å²) in [5, 5.41) is 5.34. The van der Waals surface area contributed by atoms with E-state index in [1.165, 1.54) is 0 Å². The largest absolute Gasteiger partial charge is 0.446 e. The highest BCUT2D eigenvalue weighted by atomic mass is 19.4. The van der Waals surface area contributed by atoms with Crippen molar-refractivity contribution in [2.75, 3.05) is 0 Å². The second-order valence-electron chi connectivity index (χ2n) is 9.37. The van der Waals surface area contributed by atoms with Crippen LogP contribution in [-0.2, 0) is 16.0 Å². The Morgan fingerprint density at radius 2 is 1.97 bits per heavy atom. The quantitative estimate of drug-likeness (QED) is 0.482. The third-order valence-electron chi connectivity index (χ3n) is 6.47. The van der Waals surface area contributed by atoms with Crippen molar-refractivity contribution < 1.29 is 27.5 Å². The zero-order valence-corrected chi connectivity index (χ0v) is 18.4. The van der Waals surface area contributed by atoms with Crippen molar-refractivity contribution in [2.24, 2.45) is 5.92 Å². The van der Waals surface area contributed by atoms with Gasteiger partial charge in [-0.05, 0) is 51.4 Å². The Hall–Kier alpha value is -2.47. The van der Waals surface area contributed by atoms with E-state index >= 15 is 0 Å². The molecule has 0 spiro atoms. The summed E-state index contributed by atoms with van der Waals surface area (Å²) in [6.07, 6.45) is 0.0738. The lowest BCUT2D eigenvalue weighted by Crippen LogP contribution is -2.45. The number of halogens is 3. The molecule has 0 bridgehead atoms. The molecule has 33 heavy (non-hydrogen) atoms. The molecule has 0 radical (unpaired) electrons. The number of hydrogen-bond acceptors (Lipinski definition) is 7.